The maximum atomic E-state index is 13.3. The van der Waals surface area contributed by atoms with E-state index in [0.717, 1.165) is 5.56 Å². The molecule has 0 bridgehead atoms. The van der Waals surface area contributed by atoms with Gasteiger partial charge in [0, 0.05) is 33.6 Å². The zero-order valence-electron chi connectivity index (χ0n) is 27.2. The van der Waals surface area contributed by atoms with Gasteiger partial charge < -0.3 is 20.1 Å². The molecule has 0 aliphatic carbocycles. The molecule has 2 aromatic heterocycles. The Morgan fingerprint density at radius 2 is 1.15 bits per heavy atom. The first-order valence-corrected chi connectivity index (χ1v) is 16.2. The third-order valence-electron chi connectivity index (χ3n) is 7.45. The van der Waals surface area contributed by atoms with Crippen molar-refractivity contribution >= 4 is 46.7 Å². The van der Waals surface area contributed by atoms with Crippen molar-refractivity contribution in [3.63, 3.8) is 0 Å². The Kier molecular flexibility index (Phi) is 11.0. The van der Waals surface area contributed by atoms with Crippen molar-refractivity contribution in [3.05, 3.63) is 161 Å². The van der Waals surface area contributed by atoms with E-state index in [0.29, 0.717) is 38.9 Å². The van der Waals surface area contributed by atoms with Crippen molar-refractivity contribution in [2.75, 3.05) is 17.2 Å². The molecule has 12 heteroatoms. The molecule has 0 unspecified atom stereocenters. The predicted molar refractivity (Wildman–Crippen MR) is 193 cm³/mol. The molecular weight excluding hydrogens is 687 g/mol. The summed E-state index contributed by atoms with van der Waals surface area (Å²) in [7, 11) is 0. The van der Waals surface area contributed by atoms with Gasteiger partial charge in [-0.2, -0.15) is 0 Å². The Morgan fingerprint density at radius 1 is 0.615 bits per heavy atom. The number of halogens is 2. The minimum Gasteiger partial charge on any atom is -0.482 e. The van der Waals surface area contributed by atoms with Crippen LogP contribution in [0.1, 0.15) is 26.5 Å². The summed E-state index contributed by atoms with van der Waals surface area (Å²) in [5, 5.41) is 6.09. The third kappa shape index (κ3) is 9.49. The Morgan fingerprint density at radius 3 is 1.77 bits per heavy atom. The van der Waals surface area contributed by atoms with Crippen LogP contribution in [0.2, 0.25) is 5.02 Å². The van der Waals surface area contributed by atoms with Crippen LogP contribution >= 0.6 is 11.6 Å². The maximum Gasteiger partial charge on any atom is 0.351 e. The molecule has 258 valence electrons. The second-order valence-electron chi connectivity index (χ2n) is 11.3. The molecule has 0 aliphatic heterocycles. The van der Waals surface area contributed by atoms with E-state index in [2.05, 4.69) is 20.6 Å². The first-order chi connectivity index (χ1) is 25.2. The first kappa shape index (κ1) is 35.1. The number of benzene rings is 4. The Labute approximate surface area is 302 Å². The highest BCUT2D eigenvalue weighted by atomic mass is 35.5. The van der Waals surface area contributed by atoms with Crippen molar-refractivity contribution in [1.82, 2.24) is 9.97 Å². The highest BCUT2D eigenvalue weighted by Crippen LogP contribution is 2.22. The second-order valence-corrected chi connectivity index (χ2v) is 11.7. The van der Waals surface area contributed by atoms with Crippen LogP contribution in [0, 0.1) is 5.82 Å². The minimum absolute atomic E-state index is 0.141. The molecular formula is C40H28ClFN4O6. The van der Waals surface area contributed by atoms with E-state index < -0.39 is 30.4 Å². The Hall–Kier alpha value is -6.72. The van der Waals surface area contributed by atoms with Gasteiger partial charge in [-0.25, -0.2) is 19.2 Å². The summed E-state index contributed by atoms with van der Waals surface area (Å²) in [6, 6.07) is 35.8. The van der Waals surface area contributed by atoms with Crippen LogP contribution < -0.4 is 15.4 Å². The number of pyridine rings is 2. The number of nitrogens with zero attached hydrogens (tertiary/aromatic N) is 2. The maximum absolute atomic E-state index is 13.3. The summed E-state index contributed by atoms with van der Waals surface area (Å²) in [6.45, 7) is -0.562. The number of anilines is 2. The van der Waals surface area contributed by atoms with E-state index in [1.54, 1.807) is 103 Å². The molecule has 0 atom stereocenters. The lowest BCUT2D eigenvalue weighted by molar-refractivity contribution is -0.160. The van der Waals surface area contributed by atoms with Crippen LogP contribution in [-0.2, 0) is 20.7 Å². The Balaban J connectivity index is 0.984. The molecule has 52 heavy (non-hydrogen) atoms. The van der Waals surface area contributed by atoms with Gasteiger partial charge in [-0.05, 0) is 90.5 Å². The number of rotatable bonds is 11. The Bertz CT molecular complexity index is 2260. The number of hydrogen-bond donors (Lipinski definition) is 2. The van der Waals surface area contributed by atoms with Gasteiger partial charge >= 0.3 is 11.9 Å². The second kappa shape index (κ2) is 16.3. The van der Waals surface area contributed by atoms with E-state index in [1.165, 1.54) is 18.2 Å². The van der Waals surface area contributed by atoms with E-state index in [9.17, 15) is 23.6 Å². The van der Waals surface area contributed by atoms with E-state index in [4.69, 9.17) is 21.1 Å². The lowest BCUT2D eigenvalue weighted by atomic mass is 10.1. The molecule has 2 heterocycles. The molecule has 0 saturated heterocycles. The number of hydrogen-bond acceptors (Lipinski definition) is 8. The molecule has 0 saturated carbocycles. The topological polar surface area (TPSA) is 137 Å². The first-order valence-electron chi connectivity index (χ1n) is 15.8. The van der Waals surface area contributed by atoms with Gasteiger partial charge in [-0.1, -0.05) is 54.1 Å². The lowest BCUT2D eigenvalue weighted by Crippen LogP contribution is -2.20. The highest BCUT2D eigenvalue weighted by molar-refractivity contribution is 6.30. The zero-order chi connectivity index (χ0) is 36.5. The number of carbonyl (C=O) groups excluding carboxylic acids is 4. The van der Waals surface area contributed by atoms with Crippen LogP contribution in [0.15, 0.2) is 133 Å². The molecule has 0 aliphatic rings. The van der Waals surface area contributed by atoms with Gasteiger partial charge in [-0.3, -0.25) is 14.4 Å². The number of amides is 2. The van der Waals surface area contributed by atoms with E-state index in [-0.39, 0.29) is 29.4 Å². The van der Waals surface area contributed by atoms with Crippen molar-refractivity contribution in [2.45, 2.75) is 6.42 Å². The highest BCUT2D eigenvalue weighted by Gasteiger charge is 2.15. The zero-order valence-corrected chi connectivity index (χ0v) is 28.0. The van der Waals surface area contributed by atoms with Crippen LogP contribution in [0.3, 0.4) is 0 Å². The third-order valence-corrected chi connectivity index (χ3v) is 7.70. The summed E-state index contributed by atoms with van der Waals surface area (Å²) in [6.07, 6.45) is -0.247. The summed E-state index contributed by atoms with van der Waals surface area (Å²) in [5.74, 6) is -2.80. The van der Waals surface area contributed by atoms with E-state index >= 15 is 0 Å². The van der Waals surface area contributed by atoms with Crippen molar-refractivity contribution < 1.29 is 33.0 Å². The SMILES string of the molecule is O=C(COc1cccc(NC(=O)c2cccc(-c3ccc(Cl)cc3)n2)c1)OC(=O)Cc1cccc(NC(=O)c2cccc(-c3ccc(F)cc3)n2)c1. The summed E-state index contributed by atoms with van der Waals surface area (Å²) < 4.78 is 23.7. The number of carbonyl (C=O) groups is 4. The number of ether oxygens (including phenoxy) is 2. The van der Waals surface area contributed by atoms with Crippen LogP contribution in [0.25, 0.3) is 22.5 Å². The van der Waals surface area contributed by atoms with Gasteiger partial charge in [0.2, 0.25) is 0 Å². The van der Waals surface area contributed by atoms with Gasteiger partial charge in [0.05, 0.1) is 17.8 Å². The van der Waals surface area contributed by atoms with Gasteiger partial charge in [0.1, 0.15) is 23.0 Å². The van der Waals surface area contributed by atoms with Crippen LogP contribution in [-0.4, -0.2) is 40.3 Å². The number of nitrogens with one attached hydrogen (secondary N) is 2. The van der Waals surface area contributed by atoms with Crippen molar-refractivity contribution in [3.8, 4) is 28.3 Å². The fraction of sp³-hybridized carbons (Fsp3) is 0.0500. The van der Waals surface area contributed by atoms with Gasteiger partial charge in [-0.15, -0.1) is 0 Å². The van der Waals surface area contributed by atoms with E-state index in [1.807, 2.05) is 12.1 Å². The number of aromatic nitrogens is 2. The fourth-order valence-electron chi connectivity index (χ4n) is 5.00. The normalized spacial score (nSPS) is 10.6. The summed E-state index contributed by atoms with van der Waals surface area (Å²) in [5.41, 5.74) is 4.18. The lowest BCUT2D eigenvalue weighted by Gasteiger charge is -2.10. The molecule has 0 radical (unpaired) electrons. The van der Waals surface area contributed by atoms with Gasteiger partial charge in [0.15, 0.2) is 6.61 Å². The smallest absolute Gasteiger partial charge is 0.351 e. The molecule has 6 rings (SSSR count). The predicted octanol–water partition coefficient (Wildman–Crippen LogP) is 7.80. The molecule has 0 spiro atoms. The fourth-order valence-corrected chi connectivity index (χ4v) is 5.13. The number of esters is 2. The molecule has 2 amide bonds. The standard InChI is InChI=1S/C40H28ClFN4O6/c41-28-17-13-26(14-18-28)33-9-3-12-36(45-33)40(50)44-31-7-2-8-32(23-31)51-24-38(48)52-37(47)22-25-5-1-6-30(21-25)43-39(49)35-11-4-10-34(46-35)27-15-19-29(42)20-16-27/h1-21,23H,22,24H2,(H,43,49)(H,44,50). The van der Waals surface area contributed by atoms with Crippen molar-refractivity contribution in [1.29, 1.82) is 0 Å². The van der Waals surface area contributed by atoms with Crippen LogP contribution in [0.5, 0.6) is 5.75 Å². The molecule has 4 aromatic carbocycles. The van der Waals surface area contributed by atoms with Crippen LogP contribution in [0.4, 0.5) is 15.8 Å². The minimum atomic E-state index is -0.917. The largest absolute Gasteiger partial charge is 0.482 e. The average Bonchev–Trinajstić information content (AvgIpc) is 3.15. The average molecular weight is 715 g/mol. The van der Waals surface area contributed by atoms with Gasteiger partial charge in [0.25, 0.3) is 11.8 Å². The molecule has 0 fully saturated rings. The molecule has 2 N–H and O–H groups in total. The summed E-state index contributed by atoms with van der Waals surface area (Å²) >= 11 is 5.97. The molecule has 10 nitrogen and oxygen atoms in total. The summed E-state index contributed by atoms with van der Waals surface area (Å²) in [4.78, 5) is 59.6. The van der Waals surface area contributed by atoms with Crippen molar-refractivity contribution in [2.24, 2.45) is 0 Å². The monoisotopic (exact) mass is 714 g/mol. The molecule has 6 aromatic rings. The quantitative estimate of drug-likeness (QED) is 0.103.